The molecule has 0 saturated carbocycles. The molecule has 1 aliphatic carbocycles. The number of aryl methyl sites for hydroxylation is 1. The third-order valence-corrected chi connectivity index (χ3v) is 6.29. The molecule has 0 saturated heterocycles. The number of nitrogens with zero attached hydrogens (tertiary/aromatic N) is 1. The molecule has 4 amide bonds. The van der Waals surface area contributed by atoms with Crippen LogP contribution >= 0.6 is 0 Å². The van der Waals surface area contributed by atoms with Gasteiger partial charge in [-0.05, 0) is 30.2 Å². The van der Waals surface area contributed by atoms with E-state index in [2.05, 4.69) is 10.6 Å². The van der Waals surface area contributed by atoms with E-state index in [-0.39, 0.29) is 18.5 Å². The Morgan fingerprint density at radius 3 is 2.35 bits per heavy atom. The molecular weight excluding hydrogens is 436 g/mol. The third kappa shape index (κ3) is 4.95. The summed E-state index contributed by atoms with van der Waals surface area (Å²) in [6.45, 7) is 2.13. The lowest BCUT2D eigenvalue weighted by Gasteiger charge is -2.38. The molecule has 0 fully saturated rings. The van der Waals surface area contributed by atoms with Gasteiger partial charge < -0.3 is 31.5 Å². The molecule has 0 unspecified atom stereocenters. The Kier molecular flexibility index (Phi) is 6.67. The van der Waals surface area contributed by atoms with Crippen LogP contribution in [0.25, 0.3) is 0 Å². The second-order valence-corrected chi connectivity index (χ2v) is 8.77. The summed E-state index contributed by atoms with van der Waals surface area (Å²) in [4.78, 5) is 39.4. The zero-order valence-corrected chi connectivity index (χ0v) is 18.8. The van der Waals surface area contributed by atoms with Crippen molar-refractivity contribution in [3.8, 4) is 0 Å². The molecule has 9 heteroatoms. The average Bonchev–Trinajstić information content (AvgIpc) is 2.82. The van der Waals surface area contributed by atoms with Crippen LogP contribution in [-0.4, -0.2) is 57.3 Å². The number of amides is 4. The molecule has 0 spiro atoms. The Morgan fingerprint density at radius 1 is 1.00 bits per heavy atom. The van der Waals surface area contributed by atoms with Crippen LogP contribution in [0.5, 0.6) is 0 Å². The number of carbonyl (C=O) groups is 3. The molecule has 1 aliphatic heterocycles. The van der Waals surface area contributed by atoms with Gasteiger partial charge in [-0.3, -0.25) is 9.59 Å². The Labute approximate surface area is 197 Å². The zero-order chi connectivity index (χ0) is 24.4. The SMILES string of the molecule is Cc1ccc(NC(=O)N[C@@H]2C=C(C(=O)N3Cc4ccccc4C[C@H]3C(N)=O)C[C@@H](O)[C@@H]2O)cc1. The summed E-state index contributed by atoms with van der Waals surface area (Å²) < 4.78 is 0. The highest BCUT2D eigenvalue weighted by Crippen LogP contribution is 2.28. The largest absolute Gasteiger partial charge is 0.390 e. The number of rotatable bonds is 4. The van der Waals surface area contributed by atoms with Gasteiger partial charge in [0.25, 0.3) is 5.91 Å². The maximum atomic E-state index is 13.4. The minimum Gasteiger partial charge on any atom is -0.390 e. The van der Waals surface area contributed by atoms with Gasteiger partial charge in [0, 0.05) is 30.6 Å². The van der Waals surface area contributed by atoms with Crippen LogP contribution in [0, 0.1) is 6.92 Å². The lowest BCUT2D eigenvalue weighted by molar-refractivity contribution is -0.138. The Balaban J connectivity index is 1.53. The van der Waals surface area contributed by atoms with Crippen molar-refractivity contribution < 1.29 is 24.6 Å². The van der Waals surface area contributed by atoms with E-state index >= 15 is 0 Å². The number of aliphatic hydroxyl groups is 2. The van der Waals surface area contributed by atoms with Crippen molar-refractivity contribution in [1.82, 2.24) is 10.2 Å². The fraction of sp³-hybridized carbons (Fsp3) is 0.320. The van der Waals surface area contributed by atoms with E-state index in [9.17, 15) is 24.6 Å². The minimum absolute atomic E-state index is 0.110. The number of hydrogen-bond donors (Lipinski definition) is 5. The number of nitrogens with one attached hydrogen (secondary N) is 2. The Hall–Kier alpha value is -3.69. The van der Waals surface area contributed by atoms with Gasteiger partial charge in [0.1, 0.15) is 12.1 Å². The summed E-state index contributed by atoms with van der Waals surface area (Å²) in [6, 6.07) is 12.3. The molecule has 1 heterocycles. The van der Waals surface area contributed by atoms with Crippen molar-refractivity contribution in [3.63, 3.8) is 0 Å². The smallest absolute Gasteiger partial charge is 0.319 e. The first kappa shape index (κ1) is 23.5. The van der Waals surface area contributed by atoms with Gasteiger partial charge in [-0.15, -0.1) is 0 Å². The fourth-order valence-electron chi connectivity index (χ4n) is 4.38. The number of anilines is 1. The second kappa shape index (κ2) is 9.66. The van der Waals surface area contributed by atoms with Crippen molar-refractivity contribution in [3.05, 3.63) is 76.9 Å². The molecule has 2 aromatic carbocycles. The molecule has 6 N–H and O–H groups in total. The highest BCUT2D eigenvalue weighted by Gasteiger charge is 2.39. The van der Waals surface area contributed by atoms with Crippen LogP contribution in [0.4, 0.5) is 10.5 Å². The number of benzene rings is 2. The highest BCUT2D eigenvalue weighted by molar-refractivity contribution is 5.98. The molecule has 2 aliphatic rings. The second-order valence-electron chi connectivity index (χ2n) is 8.77. The monoisotopic (exact) mass is 464 g/mol. The van der Waals surface area contributed by atoms with E-state index in [4.69, 9.17) is 5.73 Å². The van der Waals surface area contributed by atoms with Crippen molar-refractivity contribution in [2.45, 2.75) is 50.6 Å². The summed E-state index contributed by atoms with van der Waals surface area (Å²) >= 11 is 0. The molecule has 2 aromatic rings. The van der Waals surface area contributed by atoms with E-state index in [0.29, 0.717) is 12.1 Å². The van der Waals surface area contributed by atoms with Crippen LogP contribution in [0.2, 0.25) is 0 Å². The normalized spacial score (nSPS) is 24.0. The zero-order valence-electron chi connectivity index (χ0n) is 18.8. The number of aliphatic hydroxyl groups excluding tert-OH is 2. The van der Waals surface area contributed by atoms with Gasteiger partial charge in [0.2, 0.25) is 5.91 Å². The molecule has 4 rings (SSSR count). The summed E-state index contributed by atoms with van der Waals surface area (Å²) in [5.41, 5.74) is 9.27. The van der Waals surface area contributed by atoms with Crippen LogP contribution in [0.3, 0.4) is 0 Å². The molecule has 0 bridgehead atoms. The Bertz CT molecular complexity index is 1130. The van der Waals surface area contributed by atoms with Gasteiger partial charge >= 0.3 is 6.03 Å². The Morgan fingerprint density at radius 2 is 1.68 bits per heavy atom. The maximum Gasteiger partial charge on any atom is 0.319 e. The van der Waals surface area contributed by atoms with E-state index in [0.717, 1.165) is 16.7 Å². The van der Waals surface area contributed by atoms with Crippen molar-refractivity contribution >= 4 is 23.5 Å². The van der Waals surface area contributed by atoms with E-state index < -0.39 is 42.1 Å². The summed E-state index contributed by atoms with van der Waals surface area (Å²) in [7, 11) is 0. The number of hydrogen-bond acceptors (Lipinski definition) is 5. The molecule has 0 aromatic heterocycles. The lowest BCUT2D eigenvalue weighted by Crippen LogP contribution is -2.54. The standard InChI is InChI=1S/C25H28N4O5/c1-14-6-8-18(9-7-14)27-25(34)28-19-10-17(12-21(30)22(19)31)24(33)29-13-16-5-3-2-4-15(16)11-20(29)23(26)32/h2-10,19-22,30-31H,11-13H2,1H3,(H2,26,32)(H2,27,28,34)/t19-,20+,21-,22-/m1/s1. The first-order valence-corrected chi connectivity index (χ1v) is 11.1. The number of carbonyl (C=O) groups excluding carboxylic acids is 3. The first-order chi connectivity index (χ1) is 16.2. The van der Waals surface area contributed by atoms with Gasteiger partial charge in [-0.1, -0.05) is 48.0 Å². The predicted octanol–water partition coefficient (Wildman–Crippen LogP) is 0.976. The maximum absolute atomic E-state index is 13.4. The van der Waals surface area contributed by atoms with E-state index in [1.54, 1.807) is 12.1 Å². The van der Waals surface area contributed by atoms with Gasteiger partial charge in [0.05, 0.1) is 12.1 Å². The number of primary amides is 1. The molecule has 9 nitrogen and oxygen atoms in total. The molecule has 0 radical (unpaired) electrons. The molecular formula is C25H28N4O5. The fourth-order valence-corrected chi connectivity index (χ4v) is 4.38. The van der Waals surface area contributed by atoms with Crippen molar-refractivity contribution in [1.29, 1.82) is 0 Å². The minimum atomic E-state index is -1.30. The van der Waals surface area contributed by atoms with Crippen LogP contribution in [-0.2, 0) is 22.6 Å². The average molecular weight is 465 g/mol. The molecule has 34 heavy (non-hydrogen) atoms. The summed E-state index contributed by atoms with van der Waals surface area (Å²) in [6.07, 6.45) is -0.933. The van der Waals surface area contributed by atoms with E-state index in [1.807, 2.05) is 43.3 Å². The predicted molar refractivity (Wildman–Crippen MR) is 126 cm³/mol. The van der Waals surface area contributed by atoms with Crippen LogP contribution in [0.1, 0.15) is 23.1 Å². The van der Waals surface area contributed by atoms with Crippen LogP contribution in [0.15, 0.2) is 60.2 Å². The quantitative estimate of drug-likeness (QED) is 0.458. The van der Waals surface area contributed by atoms with Gasteiger partial charge in [-0.2, -0.15) is 0 Å². The summed E-state index contributed by atoms with van der Waals surface area (Å²) in [5.74, 6) is -1.08. The number of urea groups is 1. The topological polar surface area (TPSA) is 145 Å². The molecule has 4 atom stereocenters. The van der Waals surface area contributed by atoms with Crippen molar-refractivity contribution in [2.75, 3.05) is 5.32 Å². The number of nitrogens with two attached hydrogens (primary N) is 1. The van der Waals surface area contributed by atoms with Crippen LogP contribution < -0.4 is 16.4 Å². The highest BCUT2D eigenvalue weighted by atomic mass is 16.3. The lowest BCUT2D eigenvalue weighted by atomic mass is 9.88. The van der Waals surface area contributed by atoms with Crippen molar-refractivity contribution in [2.24, 2.45) is 5.73 Å². The first-order valence-electron chi connectivity index (χ1n) is 11.1. The number of fused-ring (bicyclic) bond motifs is 1. The summed E-state index contributed by atoms with van der Waals surface area (Å²) in [5, 5.41) is 26.1. The van der Waals surface area contributed by atoms with E-state index in [1.165, 1.54) is 11.0 Å². The van der Waals surface area contributed by atoms with Gasteiger partial charge in [-0.25, -0.2) is 4.79 Å². The van der Waals surface area contributed by atoms with Gasteiger partial charge in [0.15, 0.2) is 0 Å². The third-order valence-electron chi connectivity index (χ3n) is 6.29. The molecule has 178 valence electrons.